The fourth-order valence-corrected chi connectivity index (χ4v) is 6.15. The fraction of sp³-hybridized carbons (Fsp3) is 0.500. The maximum Gasteiger partial charge on any atom is 0.339 e. The number of carbonyl (C=O) groups is 2. The smallest absolute Gasteiger partial charge is 0.339 e. The van der Waals surface area contributed by atoms with Gasteiger partial charge in [-0.3, -0.25) is 4.79 Å². The molecule has 1 amide bonds. The van der Waals surface area contributed by atoms with Crippen molar-refractivity contribution in [3.63, 3.8) is 0 Å². The largest absolute Gasteiger partial charge is 0.462 e. The molecule has 0 atom stereocenters. The van der Waals surface area contributed by atoms with Crippen LogP contribution in [-0.2, 0) is 33.2 Å². The molecule has 1 aromatic heterocycles. The number of amides is 1. The van der Waals surface area contributed by atoms with Gasteiger partial charge in [0.25, 0.3) is 0 Å². The zero-order chi connectivity index (χ0) is 23.3. The second kappa shape index (κ2) is 11.1. The van der Waals surface area contributed by atoms with Crippen molar-refractivity contribution in [1.29, 1.82) is 0 Å². The number of thiophene rings is 1. The summed E-state index contributed by atoms with van der Waals surface area (Å²) in [7, 11) is -2.87. The monoisotopic (exact) mass is 477 g/mol. The second-order valence-electron chi connectivity index (χ2n) is 8.54. The van der Waals surface area contributed by atoms with E-state index in [9.17, 15) is 18.0 Å². The summed E-state index contributed by atoms with van der Waals surface area (Å²) in [6.07, 6.45) is 3.75. The topological polar surface area (TPSA) is 80.8 Å². The maximum atomic E-state index is 13.0. The first-order chi connectivity index (χ1) is 15.3. The Hall–Kier alpha value is -2.19. The summed E-state index contributed by atoms with van der Waals surface area (Å²) in [6, 6.07) is 7.47. The third-order valence-corrected chi connectivity index (χ3v) is 7.74. The van der Waals surface area contributed by atoms with Gasteiger partial charge in [0.1, 0.15) is 4.21 Å². The molecule has 174 valence electrons. The Morgan fingerprint density at radius 2 is 1.94 bits per heavy atom. The number of esters is 1. The second-order valence-corrected chi connectivity index (χ2v) is 10.9. The van der Waals surface area contributed by atoms with Crippen LogP contribution in [0.15, 0.2) is 28.5 Å². The van der Waals surface area contributed by atoms with Crippen molar-refractivity contribution in [1.82, 2.24) is 4.90 Å². The molecular formula is C24H31NO5S2. The highest BCUT2D eigenvalue weighted by molar-refractivity contribution is 7.75. The molecule has 8 heteroatoms. The molecule has 1 aromatic carbocycles. The number of thiol groups is 1. The van der Waals surface area contributed by atoms with Gasteiger partial charge in [0.2, 0.25) is 5.91 Å². The molecule has 2 aromatic rings. The van der Waals surface area contributed by atoms with Gasteiger partial charge in [-0.15, -0.1) is 11.3 Å². The summed E-state index contributed by atoms with van der Waals surface area (Å²) in [5.74, 6) is -0.0374. The van der Waals surface area contributed by atoms with Crippen molar-refractivity contribution in [3.8, 4) is 11.1 Å². The van der Waals surface area contributed by atoms with Crippen molar-refractivity contribution in [2.24, 2.45) is 5.92 Å². The Morgan fingerprint density at radius 1 is 1.22 bits per heavy atom. The van der Waals surface area contributed by atoms with E-state index in [1.54, 1.807) is 0 Å². The van der Waals surface area contributed by atoms with Crippen LogP contribution < -0.4 is 0 Å². The van der Waals surface area contributed by atoms with Crippen LogP contribution in [0, 0.1) is 5.92 Å². The lowest BCUT2D eigenvalue weighted by Crippen LogP contribution is -2.23. The number of ether oxygens (including phenoxy) is 1. The molecule has 0 N–H and O–H groups in total. The van der Waals surface area contributed by atoms with E-state index in [1.807, 2.05) is 49.9 Å². The zero-order valence-electron chi connectivity index (χ0n) is 18.9. The van der Waals surface area contributed by atoms with Crippen molar-refractivity contribution in [2.75, 3.05) is 13.2 Å². The normalized spacial score (nSPS) is 14.0. The van der Waals surface area contributed by atoms with Crippen LogP contribution in [0.3, 0.4) is 0 Å². The minimum absolute atomic E-state index is 0.160. The molecular weight excluding hydrogens is 446 g/mol. The van der Waals surface area contributed by atoms with Gasteiger partial charge < -0.3 is 9.64 Å². The molecule has 2 heterocycles. The Labute approximate surface area is 195 Å². The predicted octanol–water partition coefficient (Wildman–Crippen LogP) is 4.66. The highest BCUT2D eigenvalue weighted by atomic mass is 32.2. The van der Waals surface area contributed by atoms with Crippen LogP contribution in [0.2, 0.25) is 0 Å². The Morgan fingerprint density at radius 3 is 2.50 bits per heavy atom. The van der Waals surface area contributed by atoms with Gasteiger partial charge in [-0.25, -0.2) is 13.2 Å². The van der Waals surface area contributed by atoms with Crippen molar-refractivity contribution in [2.45, 2.75) is 63.6 Å². The zero-order valence-corrected chi connectivity index (χ0v) is 20.6. The van der Waals surface area contributed by atoms with E-state index >= 15 is 0 Å². The molecule has 1 fully saturated rings. The van der Waals surface area contributed by atoms with Gasteiger partial charge in [-0.1, -0.05) is 51.5 Å². The van der Waals surface area contributed by atoms with Crippen LogP contribution in [0.25, 0.3) is 11.1 Å². The first-order valence-corrected chi connectivity index (χ1v) is 13.2. The molecule has 0 aliphatic carbocycles. The summed E-state index contributed by atoms with van der Waals surface area (Å²) in [4.78, 5) is 27.5. The highest BCUT2D eigenvalue weighted by Crippen LogP contribution is 2.40. The summed E-state index contributed by atoms with van der Waals surface area (Å²) < 4.78 is 29.9. The molecule has 1 saturated heterocycles. The molecule has 3 rings (SSSR count). The van der Waals surface area contributed by atoms with Crippen LogP contribution in [0.5, 0.6) is 0 Å². The van der Waals surface area contributed by atoms with Crippen molar-refractivity contribution >= 4 is 33.9 Å². The number of unbranched alkanes of at least 4 members (excludes halogenated alkanes) is 1. The van der Waals surface area contributed by atoms with Gasteiger partial charge in [0.15, 0.2) is 10.7 Å². The molecule has 0 unspecified atom stereocenters. The summed E-state index contributed by atoms with van der Waals surface area (Å²) in [5.41, 5.74) is 2.45. The standard InChI is InChI=1S/C24H31NO5S2/c1-4-5-13-30-23(27)22-19(14-16(2)3)31-24(32(28)29)21(22)18-10-8-17(9-11-18)15-25-12-6-7-20(25)26/h8-11,16,32H,4-7,12-15H2,1-3H3. The predicted molar refractivity (Wildman–Crippen MR) is 127 cm³/mol. The minimum Gasteiger partial charge on any atom is -0.462 e. The van der Waals surface area contributed by atoms with Crippen molar-refractivity contribution in [3.05, 3.63) is 40.3 Å². The number of carbonyl (C=O) groups excluding carboxylic acids is 2. The molecule has 0 spiro atoms. The minimum atomic E-state index is -2.87. The molecule has 1 aliphatic heterocycles. The highest BCUT2D eigenvalue weighted by Gasteiger charge is 2.28. The first kappa shape index (κ1) is 24.5. The lowest BCUT2D eigenvalue weighted by atomic mass is 9.98. The fourth-order valence-electron chi connectivity index (χ4n) is 3.84. The lowest BCUT2D eigenvalue weighted by Gasteiger charge is -2.16. The molecule has 32 heavy (non-hydrogen) atoms. The van der Waals surface area contributed by atoms with Gasteiger partial charge >= 0.3 is 5.97 Å². The summed E-state index contributed by atoms with van der Waals surface area (Å²) >= 11 is 1.17. The Balaban J connectivity index is 1.99. The molecule has 1 aliphatic rings. The molecule has 0 saturated carbocycles. The van der Waals surface area contributed by atoms with Gasteiger partial charge in [0, 0.05) is 30.0 Å². The number of benzene rings is 1. The van der Waals surface area contributed by atoms with Crippen LogP contribution in [0.1, 0.15) is 67.3 Å². The van der Waals surface area contributed by atoms with Crippen molar-refractivity contribution < 1.29 is 22.7 Å². The summed E-state index contributed by atoms with van der Waals surface area (Å²) in [6.45, 7) is 7.71. The van der Waals surface area contributed by atoms with Crippen LogP contribution >= 0.6 is 11.3 Å². The van der Waals surface area contributed by atoms with E-state index in [0.29, 0.717) is 42.7 Å². The van der Waals surface area contributed by atoms with Gasteiger partial charge in [0.05, 0.1) is 12.2 Å². The van der Waals surface area contributed by atoms with Gasteiger partial charge in [-0.2, -0.15) is 0 Å². The molecule has 0 bridgehead atoms. The average molecular weight is 478 g/mol. The quantitative estimate of drug-likeness (QED) is 0.306. The number of hydrogen-bond donors (Lipinski definition) is 1. The van der Waals surface area contributed by atoms with E-state index < -0.39 is 16.7 Å². The van der Waals surface area contributed by atoms with E-state index in [-0.39, 0.29) is 16.0 Å². The maximum absolute atomic E-state index is 13.0. The average Bonchev–Trinajstić information content (AvgIpc) is 3.32. The van der Waals surface area contributed by atoms with Crippen LogP contribution in [0.4, 0.5) is 0 Å². The SMILES string of the molecule is CCCCOC(=O)c1c(CC(C)C)sc([SH](=O)=O)c1-c1ccc(CN2CCCC2=O)cc1. The molecule has 6 nitrogen and oxygen atoms in total. The third kappa shape index (κ3) is 5.78. The Bertz CT molecular complexity index is 1030. The van der Waals surface area contributed by atoms with E-state index in [0.717, 1.165) is 36.2 Å². The van der Waals surface area contributed by atoms with Gasteiger partial charge in [-0.05, 0) is 36.3 Å². The lowest BCUT2D eigenvalue weighted by molar-refractivity contribution is -0.128. The number of likely N-dealkylation sites (tertiary alicyclic amines) is 1. The first-order valence-electron chi connectivity index (χ1n) is 11.2. The number of hydrogen-bond acceptors (Lipinski definition) is 6. The van der Waals surface area contributed by atoms with E-state index in [4.69, 9.17) is 4.74 Å². The van der Waals surface area contributed by atoms with E-state index in [2.05, 4.69) is 0 Å². The Kier molecular flexibility index (Phi) is 8.48. The van der Waals surface area contributed by atoms with E-state index in [1.165, 1.54) is 11.3 Å². The summed E-state index contributed by atoms with van der Waals surface area (Å²) in [5, 5.41) is 0. The number of rotatable bonds is 10. The van der Waals surface area contributed by atoms with Crippen LogP contribution in [-0.4, -0.2) is 38.3 Å². The number of nitrogens with zero attached hydrogens (tertiary/aromatic N) is 1. The third-order valence-electron chi connectivity index (χ3n) is 5.44. The molecule has 0 radical (unpaired) electrons.